The van der Waals surface area contributed by atoms with Gasteiger partial charge in [0.25, 0.3) is 5.69 Å². The van der Waals surface area contributed by atoms with E-state index in [0.29, 0.717) is 24.1 Å². The minimum atomic E-state index is -0.388. The summed E-state index contributed by atoms with van der Waals surface area (Å²) >= 11 is 0. The molecule has 7 nitrogen and oxygen atoms in total. The first kappa shape index (κ1) is 22.1. The van der Waals surface area contributed by atoms with Crippen molar-refractivity contribution in [1.29, 1.82) is 0 Å². The molecule has 4 rings (SSSR count). The van der Waals surface area contributed by atoms with Crippen molar-refractivity contribution in [2.24, 2.45) is 11.0 Å². The molecule has 2 aliphatic rings. The second kappa shape index (κ2) is 9.61. The van der Waals surface area contributed by atoms with Crippen LogP contribution in [0.5, 0.6) is 0 Å². The molecule has 0 aromatic heterocycles. The largest absolute Gasteiger partial charge is 0.303 e. The molecule has 0 N–H and O–H groups in total. The Bertz CT molecular complexity index is 1010. The Labute approximate surface area is 188 Å². The maximum Gasteiger partial charge on any atom is 0.278 e. The van der Waals surface area contributed by atoms with E-state index in [-0.39, 0.29) is 22.6 Å². The third-order valence-corrected chi connectivity index (χ3v) is 6.56. The van der Waals surface area contributed by atoms with Crippen LogP contribution in [-0.4, -0.2) is 46.1 Å². The van der Waals surface area contributed by atoms with Crippen molar-refractivity contribution >= 4 is 17.3 Å². The van der Waals surface area contributed by atoms with Gasteiger partial charge in [0.2, 0.25) is 5.91 Å². The molecule has 7 heteroatoms. The van der Waals surface area contributed by atoms with E-state index in [4.69, 9.17) is 0 Å². The summed E-state index contributed by atoms with van der Waals surface area (Å²) < 4.78 is 0. The summed E-state index contributed by atoms with van der Waals surface area (Å²) in [4.78, 5) is 26.8. The normalized spacial score (nSPS) is 19.8. The molecule has 2 aromatic carbocycles. The molecule has 0 bridgehead atoms. The summed E-state index contributed by atoms with van der Waals surface area (Å²) in [7, 11) is 0. The number of nitro benzene ring substituents is 1. The Balaban J connectivity index is 1.57. The molecule has 1 amide bonds. The first-order valence-corrected chi connectivity index (χ1v) is 11.3. The molecule has 0 saturated carbocycles. The number of nitro groups is 1. The highest BCUT2D eigenvalue weighted by molar-refractivity contribution is 6.06. The molecule has 2 aliphatic heterocycles. The standard InChI is InChI=1S/C25H30N4O3/c1-18-7-9-20(10-8-18)24-17-22(21-5-3-4-6-23(21)29(31)32)26-28(24)25(30)13-16-27-14-11-19(2)12-15-27/h3-10,19,24H,11-17H2,1-2H3. The number of para-hydroxylation sites is 1. The van der Waals surface area contributed by atoms with Gasteiger partial charge < -0.3 is 4.90 Å². The number of hydrazone groups is 1. The van der Waals surface area contributed by atoms with Crippen LogP contribution in [0, 0.1) is 23.0 Å². The zero-order valence-electron chi connectivity index (χ0n) is 18.7. The van der Waals surface area contributed by atoms with Crippen molar-refractivity contribution in [1.82, 2.24) is 9.91 Å². The van der Waals surface area contributed by atoms with Crippen molar-refractivity contribution in [3.63, 3.8) is 0 Å². The van der Waals surface area contributed by atoms with Crippen LogP contribution in [0.2, 0.25) is 0 Å². The van der Waals surface area contributed by atoms with Gasteiger partial charge >= 0.3 is 0 Å². The molecule has 0 aliphatic carbocycles. The molecule has 32 heavy (non-hydrogen) atoms. The van der Waals surface area contributed by atoms with Crippen molar-refractivity contribution in [3.05, 3.63) is 75.3 Å². The number of carbonyl (C=O) groups excluding carboxylic acids is 1. The number of likely N-dealkylation sites (tertiary alicyclic amines) is 1. The number of rotatable bonds is 6. The lowest BCUT2D eigenvalue weighted by atomic mass is 9.97. The number of benzene rings is 2. The fourth-order valence-corrected chi connectivity index (χ4v) is 4.48. The quantitative estimate of drug-likeness (QED) is 0.487. The summed E-state index contributed by atoms with van der Waals surface area (Å²) in [6.07, 6.45) is 3.19. The van der Waals surface area contributed by atoms with E-state index < -0.39 is 0 Å². The van der Waals surface area contributed by atoms with Crippen LogP contribution in [0.25, 0.3) is 0 Å². The molecule has 2 heterocycles. The summed E-state index contributed by atoms with van der Waals surface area (Å²) in [5, 5.41) is 17.7. The monoisotopic (exact) mass is 434 g/mol. The number of piperidine rings is 1. The van der Waals surface area contributed by atoms with E-state index in [9.17, 15) is 14.9 Å². The van der Waals surface area contributed by atoms with Crippen LogP contribution in [-0.2, 0) is 4.79 Å². The van der Waals surface area contributed by atoms with Gasteiger partial charge in [-0.1, -0.05) is 48.9 Å². The van der Waals surface area contributed by atoms with E-state index in [1.165, 1.54) is 18.9 Å². The van der Waals surface area contributed by atoms with Crippen LogP contribution >= 0.6 is 0 Å². The Morgan fingerprint density at radius 1 is 1.12 bits per heavy atom. The molecule has 0 spiro atoms. The van der Waals surface area contributed by atoms with Crippen molar-refractivity contribution in [3.8, 4) is 0 Å². The maximum absolute atomic E-state index is 13.3. The second-order valence-electron chi connectivity index (χ2n) is 8.96. The maximum atomic E-state index is 13.3. The zero-order valence-corrected chi connectivity index (χ0v) is 18.7. The lowest BCUT2D eigenvalue weighted by molar-refractivity contribution is -0.385. The summed E-state index contributed by atoms with van der Waals surface area (Å²) in [6, 6.07) is 14.5. The minimum absolute atomic E-state index is 0.0191. The number of carbonyl (C=O) groups is 1. The number of nitrogens with zero attached hydrogens (tertiary/aromatic N) is 4. The van der Waals surface area contributed by atoms with Gasteiger partial charge in [-0.15, -0.1) is 0 Å². The number of amides is 1. The van der Waals surface area contributed by atoms with Gasteiger partial charge in [0.05, 0.1) is 22.2 Å². The molecule has 168 valence electrons. The molecule has 1 atom stereocenters. The van der Waals surface area contributed by atoms with E-state index in [1.54, 1.807) is 23.2 Å². The van der Waals surface area contributed by atoms with Crippen molar-refractivity contribution < 1.29 is 9.72 Å². The topological polar surface area (TPSA) is 79.0 Å². The lowest BCUT2D eigenvalue weighted by Crippen LogP contribution is -2.36. The van der Waals surface area contributed by atoms with Gasteiger partial charge in [0.1, 0.15) is 0 Å². The smallest absolute Gasteiger partial charge is 0.278 e. The summed E-state index contributed by atoms with van der Waals surface area (Å²) in [5.74, 6) is 0.711. The molecular formula is C25H30N4O3. The molecule has 2 aromatic rings. The average Bonchev–Trinajstić information content (AvgIpc) is 3.24. The fourth-order valence-electron chi connectivity index (χ4n) is 4.48. The van der Waals surface area contributed by atoms with Crippen LogP contribution in [0.4, 0.5) is 5.69 Å². The third-order valence-electron chi connectivity index (χ3n) is 6.56. The Morgan fingerprint density at radius 3 is 2.50 bits per heavy atom. The Morgan fingerprint density at radius 2 is 1.81 bits per heavy atom. The highest BCUT2D eigenvalue weighted by atomic mass is 16.6. The molecule has 1 fully saturated rings. The first-order chi connectivity index (χ1) is 15.4. The minimum Gasteiger partial charge on any atom is -0.303 e. The van der Waals surface area contributed by atoms with Gasteiger partial charge in [-0.25, -0.2) is 5.01 Å². The van der Waals surface area contributed by atoms with Crippen LogP contribution < -0.4 is 0 Å². The lowest BCUT2D eigenvalue weighted by Gasteiger charge is -2.30. The second-order valence-corrected chi connectivity index (χ2v) is 8.96. The highest BCUT2D eigenvalue weighted by Gasteiger charge is 2.35. The van der Waals surface area contributed by atoms with E-state index >= 15 is 0 Å². The number of hydrogen-bond donors (Lipinski definition) is 0. The number of hydrogen-bond acceptors (Lipinski definition) is 5. The van der Waals surface area contributed by atoms with Gasteiger partial charge in [0, 0.05) is 25.5 Å². The van der Waals surface area contributed by atoms with E-state index in [2.05, 4.69) is 16.9 Å². The van der Waals surface area contributed by atoms with Gasteiger partial charge in [0.15, 0.2) is 0 Å². The predicted octanol–water partition coefficient (Wildman–Crippen LogP) is 4.70. The van der Waals surface area contributed by atoms with Crippen molar-refractivity contribution in [2.75, 3.05) is 19.6 Å². The van der Waals surface area contributed by atoms with E-state index in [1.807, 2.05) is 31.2 Å². The van der Waals surface area contributed by atoms with Crippen LogP contribution in [0.1, 0.15) is 55.3 Å². The first-order valence-electron chi connectivity index (χ1n) is 11.3. The van der Waals surface area contributed by atoms with Gasteiger partial charge in [-0.3, -0.25) is 14.9 Å². The van der Waals surface area contributed by atoms with Crippen LogP contribution in [0.15, 0.2) is 53.6 Å². The highest BCUT2D eigenvalue weighted by Crippen LogP contribution is 2.35. The summed E-state index contributed by atoms with van der Waals surface area (Å²) in [5.41, 5.74) is 3.22. The SMILES string of the molecule is Cc1ccc(C2CC(c3ccccc3[N+](=O)[O-])=NN2C(=O)CCN2CCC(C)CC2)cc1. The zero-order chi connectivity index (χ0) is 22.7. The summed E-state index contributed by atoms with van der Waals surface area (Å²) in [6.45, 7) is 7.08. The average molecular weight is 435 g/mol. The molecular weight excluding hydrogens is 404 g/mol. The molecule has 1 unspecified atom stereocenters. The Kier molecular flexibility index (Phi) is 6.65. The number of aryl methyl sites for hydroxylation is 1. The molecule has 1 saturated heterocycles. The van der Waals surface area contributed by atoms with Gasteiger partial charge in [-0.05, 0) is 50.4 Å². The van der Waals surface area contributed by atoms with Gasteiger partial charge in [-0.2, -0.15) is 5.10 Å². The van der Waals surface area contributed by atoms with Crippen LogP contribution in [0.3, 0.4) is 0 Å². The van der Waals surface area contributed by atoms with Crippen molar-refractivity contribution in [2.45, 2.75) is 45.6 Å². The van der Waals surface area contributed by atoms with E-state index in [0.717, 1.165) is 36.7 Å². The third kappa shape index (κ3) is 4.88. The molecule has 0 radical (unpaired) electrons. The predicted molar refractivity (Wildman–Crippen MR) is 124 cm³/mol. The fraction of sp³-hybridized carbons (Fsp3) is 0.440. The Hall–Kier alpha value is -3.06.